The summed E-state index contributed by atoms with van der Waals surface area (Å²) in [5, 5.41) is 9.61. The van der Waals surface area contributed by atoms with Crippen LogP contribution in [-0.4, -0.2) is 18.0 Å². The van der Waals surface area contributed by atoms with Gasteiger partial charge in [0.25, 0.3) is 0 Å². The van der Waals surface area contributed by atoms with Gasteiger partial charge in [-0.1, -0.05) is 6.58 Å². The molecule has 0 saturated heterocycles. The Balaban J connectivity index is 4.35. The Morgan fingerprint density at radius 1 is 1.42 bits per heavy atom. The van der Waals surface area contributed by atoms with Crippen molar-refractivity contribution >= 4 is 11.9 Å². The van der Waals surface area contributed by atoms with Crippen molar-refractivity contribution in [3.63, 3.8) is 0 Å². The smallest absolute Gasteiger partial charge is 0.388 e. The maximum atomic E-state index is 12.0. The van der Waals surface area contributed by atoms with Gasteiger partial charge in [-0.15, -0.1) is 0 Å². The van der Waals surface area contributed by atoms with E-state index in [0.29, 0.717) is 0 Å². The number of hydrogen-bond acceptors (Lipinski definition) is 3. The number of carbonyl (C=O) groups is 2. The molecule has 0 fully saturated rings. The maximum Gasteiger partial charge on any atom is 0.508 e. The third-order valence-electron chi connectivity index (χ3n) is 0.807. The molecule has 12 heavy (non-hydrogen) atoms. The van der Waals surface area contributed by atoms with Crippen LogP contribution in [0.3, 0.4) is 0 Å². The second-order valence-electron chi connectivity index (χ2n) is 1.97. The molecule has 0 heterocycles. The van der Waals surface area contributed by atoms with Crippen molar-refractivity contribution < 1.29 is 28.2 Å². The van der Waals surface area contributed by atoms with E-state index >= 15 is 0 Å². The van der Waals surface area contributed by atoms with Crippen LogP contribution in [0.2, 0.25) is 0 Å². The number of hydrogen-bond donors (Lipinski definition) is 0. The summed E-state index contributed by atoms with van der Waals surface area (Å²) in [6.45, 7) is 4.08. The molecule has 67 valence electrons. The van der Waals surface area contributed by atoms with Gasteiger partial charge in [0.15, 0.2) is 0 Å². The Hall–Kier alpha value is -1.46. The molecule has 0 aromatic carbocycles. The first kappa shape index (κ1) is 10.5. The quantitative estimate of drug-likeness (QED) is 0.472. The van der Waals surface area contributed by atoms with Gasteiger partial charge in [-0.3, -0.25) is 0 Å². The van der Waals surface area contributed by atoms with Crippen LogP contribution in [0.4, 0.5) is 8.78 Å². The highest BCUT2D eigenvalue weighted by Crippen LogP contribution is 2.17. The highest BCUT2D eigenvalue weighted by Gasteiger charge is 2.46. The van der Waals surface area contributed by atoms with Crippen molar-refractivity contribution in [1.29, 1.82) is 0 Å². The molecule has 0 bridgehead atoms. The fourth-order valence-corrected chi connectivity index (χ4v) is 0.245. The van der Waals surface area contributed by atoms with Crippen LogP contribution in [0.15, 0.2) is 12.2 Å². The molecule has 0 saturated carbocycles. The van der Waals surface area contributed by atoms with E-state index in [-0.39, 0.29) is 5.57 Å². The Bertz CT molecular complexity index is 234. The van der Waals surface area contributed by atoms with Crippen molar-refractivity contribution in [2.45, 2.75) is 13.0 Å². The molecular formula is C6H5F2O4. The highest BCUT2D eigenvalue weighted by molar-refractivity contribution is 5.89. The number of alkyl halides is 2. The minimum Gasteiger partial charge on any atom is -0.388 e. The van der Waals surface area contributed by atoms with Crippen molar-refractivity contribution in [2.24, 2.45) is 0 Å². The van der Waals surface area contributed by atoms with E-state index in [1.165, 1.54) is 0 Å². The first-order chi connectivity index (χ1) is 5.27. The van der Waals surface area contributed by atoms with Gasteiger partial charge >= 0.3 is 18.0 Å². The molecule has 0 aromatic heterocycles. The summed E-state index contributed by atoms with van der Waals surface area (Å²) >= 11 is 0. The van der Waals surface area contributed by atoms with Gasteiger partial charge < -0.3 is 4.74 Å². The Morgan fingerprint density at radius 3 is 2.08 bits per heavy atom. The molecule has 0 atom stereocenters. The summed E-state index contributed by atoms with van der Waals surface area (Å²) in [7, 11) is 0. The summed E-state index contributed by atoms with van der Waals surface area (Å²) in [6, 6.07) is 0. The topological polar surface area (TPSA) is 63.3 Å². The monoisotopic (exact) mass is 179 g/mol. The first-order valence-electron chi connectivity index (χ1n) is 2.75. The zero-order valence-electron chi connectivity index (χ0n) is 6.10. The van der Waals surface area contributed by atoms with Crippen molar-refractivity contribution in [1.82, 2.24) is 0 Å². The molecule has 0 spiro atoms. The molecule has 0 aliphatic rings. The lowest BCUT2D eigenvalue weighted by Crippen LogP contribution is -2.33. The number of carbonyl (C=O) groups excluding carboxylic acids is 2. The number of halogens is 2. The molecule has 0 amide bonds. The zero-order chi connectivity index (χ0) is 9.94. The molecule has 0 unspecified atom stereocenters. The van der Waals surface area contributed by atoms with Gasteiger partial charge in [-0.05, 0) is 6.92 Å². The summed E-state index contributed by atoms with van der Waals surface area (Å²) < 4.78 is 27.2. The van der Waals surface area contributed by atoms with Gasteiger partial charge in [-0.25, -0.2) is 14.7 Å². The summed E-state index contributed by atoms with van der Waals surface area (Å²) in [5.74, 6) is -4.25. The first-order valence-corrected chi connectivity index (χ1v) is 2.75. The number of rotatable bonds is 3. The van der Waals surface area contributed by atoms with Gasteiger partial charge in [0, 0.05) is 5.57 Å². The van der Waals surface area contributed by atoms with E-state index in [4.69, 9.17) is 0 Å². The lowest BCUT2D eigenvalue weighted by atomic mass is 10.4. The third-order valence-corrected chi connectivity index (χ3v) is 0.807. The molecule has 0 rings (SSSR count). The van der Waals surface area contributed by atoms with Crippen LogP contribution in [0.25, 0.3) is 0 Å². The predicted molar refractivity (Wildman–Crippen MR) is 31.5 cm³/mol. The second-order valence-corrected chi connectivity index (χ2v) is 1.97. The van der Waals surface area contributed by atoms with Gasteiger partial charge in [0.1, 0.15) is 0 Å². The highest BCUT2D eigenvalue weighted by atomic mass is 19.3. The number of ether oxygens (including phenoxy) is 1. The van der Waals surface area contributed by atoms with Crippen molar-refractivity contribution in [3.05, 3.63) is 12.2 Å². The van der Waals surface area contributed by atoms with Crippen molar-refractivity contribution in [3.8, 4) is 0 Å². The summed E-state index contributed by atoms with van der Waals surface area (Å²) in [4.78, 5) is 20.0. The third kappa shape index (κ3) is 2.65. The lowest BCUT2D eigenvalue weighted by Gasteiger charge is -2.09. The standard InChI is InChI=1S/C6H5F2O4/c1-3(2)4(9)12-6(7,8)5(10)11/h1H2,2H3. The maximum absolute atomic E-state index is 12.0. The van der Waals surface area contributed by atoms with Crippen LogP contribution in [0.5, 0.6) is 0 Å². The van der Waals surface area contributed by atoms with E-state index in [9.17, 15) is 23.5 Å². The van der Waals surface area contributed by atoms with Gasteiger partial charge in [0.05, 0.1) is 0 Å². The Kier molecular flexibility index (Phi) is 2.89. The van der Waals surface area contributed by atoms with Crippen molar-refractivity contribution in [2.75, 3.05) is 0 Å². The van der Waals surface area contributed by atoms with E-state index < -0.39 is 18.0 Å². The fraction of sp³-hybridized carbons (Fsp3) is 0.333. The van der Waals surface area contributed by atoms with Crippen LogP contribution < -0.4 is 0 Å². The normalized spacial score (nSPS) is 10.6. The van der Waals surface area contributed by atoms with E-state index in [1.807, 2.05) is 0 Å². The van der Waals surface area contributed by atoms with Gasteiger partial charge in [0.2, 0.25) is 0 Å². The van der Waals surface area contributed by atoms with E-state index in [2.05, 4.69) is 11.3 Å². The lowest BCUT2D eigenvalue weighted by molar-refractivity contribution is -0.242. The van der Waals surface area contributed by atoms with Crippen LogP contribution in [0.1, 0.15) is 6.92 Å². The Morgan fingerprint density at radius 2 is 1.83 bits per heavy atom. The molecular weight excluding hydrogens is 174 g/mol. The molecule has 4 nitrogen and oxygen atoms in total. The van der Waals surface area contributed by atoms with E-state index in [0.717, 1.165) is 6.92 Å². The van der Waals surface area contributed by atoms with Crippen LogP contribution in [0, 0.1) is 0 Å². The fourth-order valence-electron chi connectivity index (χ4n) is 0.245. The molecule has 0 aliphatic carbocycles. The molecule has 1 radical (unpaired) electrons. The van der Waals surface area contributed by atoms with E-state index in [1.54, 1.807) is 0 Å². The zero-order valence-corrected chi connectivity index (χ0v) is 6.10. The SMILES string of the molecule is C=C(C)C(=O)OC(F)(F)C([O])=O. The summed E-state index contributed by atoms with van der Waals surface area (Å²) in [6.07, 6.45) is -4.60. The largest absolute Gasteiger partial charge is 0.508 e. The minimum absolute atomic E-state index is 0.323. The molecule has 0 N–H and O–H groups in total. The molecule has 0 aromatic rings. The summed E-state index contributed by atoms with van der Waals surface area (Å²) in [5.41, 5.74) is -0.323. The predicted octanol–water partition coefficient (Wildman–Crippen LogP) is 0.656. The number of esters is 1. The van der Waals surface area contributed by atoms with Crippen LogP contribution >= 0.6 is 0 Å². The molecule has 0 aliphatic heterocycles. The minimum atomic E-state index is -4.60. The van der Waals surface area contributed by atoms with Crippen LogP contribution in [-0.2, 0) is 19.4 Å². The average molecular weight is 179 g/mol. The molecule has 6 heteroatoms. The Labute approximate surface area is 66.4 Å². The average Bonchev–Trinajstić information content (AvgIpc) is 1.85. The second kappa shape index (κ2) is 3.29. The van der Waals surface area contributed by atoms with Gasteiger partial charge in [-0.2, -0.15) is 8.78 Å².